The first-order valence-corrected chi connectivity index (χ1v) is 6.68. The summed E-state index contributed by atoms with van der Waals surface area (Å²) in [6, 6.07) is 0. The highest BCUT2D eigenvalue weighted by molar-refractivity contribution is 7.87. The first-order valence-electron chi connectivity index (χ1n) is 5.23. The van der Waals surface area contributed by atoms with Gasteiger partial charge in [0.05, 0.1) is 0 Å². The number of rotatable bonds is 5. The van der Waals surface area contributed by atoms with Gasteiger partial charge in [0.25, 0.3) is 0 Å². The van der Waals surface area contributed by atoms with Crippen molar-refractivity contribution in [1.29, 1.82) is 0 Å². The molecule has 98 valence electrons. The summed E-state index contributed by atoms with van der Waals surface area (Å²) in [6.45, 7) is 0.0739. The van der Waals surface area contributed by atoms with Crippen LogP contribution in [-0.4, -0.2) is 48.6 Å². The molecule has 1 atom stereocenters. The number of hydrogen-bond acceptors (Lipinski definition) is 4. The molecule has 0 saturated carbocycles. The van der Waals surface area contributed by atoms with E-state index in [1.165, 1.54) is 4.90 Å². The van der Waals surface area contributed by atoms with E-state index in [0.29, 0.717) is 0 Å². The van der Waals surface area contributed by atoms with Crippen molar-refractivity contribution >= 4 is 22.1 Å². The van der Waals surface area contributed by atoms with Crippen molar-refractivity contribution < 1.29 is 27.0 Å². The van der Waals surface area contributed by atoms with Crippen LogP contribution in [0.5, 0.6) is 0 Å². The van der Waals surface area contributed by atoms with E-state index in [9.17, 15) is 21.9 Å². The van der Waals surface area contributed by atoms with Gasteiger partial charge in [-0.1, -0.05) is 0 Å². The van der Waals surface area contributed by atoms with E-state index in [1.54, 1.807) is 0 Å². The maximum absolute atomic E-state index is 12.6. The molecule has 1 rings (SSSR count). The van der Waals surface area contributed by atoms with E-state index in [-0.39, 0.29) is 44.7 Å². The highest BCUT2D eigenvalue weighted by Crippen LogP contribution is 2.19. The number of nitrogens with zero attached hydrogens (tertiary/aromatic N) is 1. The molecule has 0 aliphatic carbocycles. The molecule has 0 aromatic rings. The van der Waals surface area contributed by atoms with E-state index in [2.05, 4.69) is 0 Å². The second kappa shape index (κ2) is 5.44. The number of carboxylic acids is 1. The third-order valence-corrected chi connectivity index (χ3v) is 3.86. The summed E-state index contributed by atoms with van der Waals surface area (Å²) < 4.78 is 33.9. The van der Waals surface area contributed by atoms with E-state index in [0.717, 1.165) is 0 Å². The summed E-state index contributed by atoms with van der Waals surface area (Å²) in [7, 11) is -4.59. The first-order chi connectivity index (χ1) is 7.80. The van der Waals surface area contributed by atoms with Gasteiger partial charge in [-0.05, 0) is 12.8 Å². The van der Waals surface area contributed by atoms with Crippen molar-refractivity contribution in [3.8, 4) is 0 Å². The molecule has 1 saturated heterocycles. The molecule has 0 spiro atoms. The molecule has 6 nitrogen and oxygen atoms in total. The Bertz CT molecular complexity index is 408. The van der Waals surface area contributed by atoms with Crippen LogP contribution in [0, 0.1) is 0 Å². The van der Waals surface area contributed by atoms with Crippen LogP contribution in [0.25, 0.3) is 0 Å². The normalized spacial score (nSPS) is 20.5. The van der Waals surface area contributed by atoms with Crippen LogP contribution in [0.2, 0.25) is 0 Å². The summed E-state index contributed by atoms with van der Waals surface area (Å²) in [5, 5.41) is 7.25. The van der Waals surface area contributed by atoms with Gasteiger partial charge < -0.3 is 10.0 Å². The monoisotopic (exact) mass is 267 g/mol. The third kappa shape index (κ3) is 4.29. The highest BCUT2D eigenvalue weighted by atomic mass is 32.3. The van der Waals surface area contributed by atoms with Crippen LogP contribution in [0.4, 0.5) is 3.89 Å². The molecule has 8 heteroatoms. The second-order valence-electron chi connectivity index (χ2n) is 3.97. The average molecular weight is 267 g/mol. The van der Waals surface area contributed by atoms with Crippen molar-refractivity contribution in [2.75, 3.05) is 13.1 Å². The number of hydrogen-bond donors (Lipinski definition) is 1. The lowest BCUT2D eigenvalue weighted by atomic mass is 10.2. The Labute approximate surface area is 98.6 Å². The Morgan fingerprint density at radius 2 is 2.00 bits per heavy atom. The molecular formula is C9H14FNO5S. The zero-order valence-corrected chi connectivity index (χ0v) is 9.95. The minimum atomic E-state index is -4.59. The van der Waals surface area contributed by atoms with Crippen molar-refractivity contribution in [2.24, 2.45) is 0 Å². The molecule has 0 aromatic carbocycles. The standard InChI is InChI=1S/C9H14FNO5S/c10-17(15,16)7-4-5-11(6-7)8(12)2-1-3-9(13)14/h7H,1-6H2,(H,13,14). The zero-order chi connectivity index (χ0) is 13.1. The molecule has 1 fully saturated rings. The SMILES string of the molecule is O=C(O)CCCC(=O)N1CCC(S(=O)(=O)F)C1. The fourth-order valence-corrected chi connectivity index (χ4v) is 2.48. The number of carbonyl (C=O) groups excluding carboxylic acids is 1. The second-order valence-corrected chi connectivity index (χ2v) is 5.59. The molecule has 0 radical (unpaired) electrons. The number of halogens is 1. The fraction of sp³-hybridized carbons (Fsp3) is 0.778. The molecular weight excluding hydrogens is 253 g/mol. The summed E-state index contributed by atoms with van der Waals surface area (Å²) >= 11 is 0. The summed E-state index contributed by atoms with van der Waals surface area (Å²) in [4.78, 5) is 23.0. The number of aliphatic carboxylic acids is 1. The van der Waals surface area contributed by atoms with Crippen molar-refractivity contribution in [1.82, 2.24) is 4.90 Å². The molecule has 0 aromatic heterocycles. The van der Waals surface area contributed by atoms with Gasteiger partial charge in [0.2, 0.25) is 5.91 Å². The highest BCUT2D eigenvalue weighted by Gasteiger charge is 2.34. The maximum Gasteiger partial charge on any atom is 0.307 e. The summed E-state index contributed by atoms with van der Waals surface area (Å²) in [5.74, 6) is -1.30. The lowest BCUT2D eigenvalue weighted by Crippen LogP contribution is -2.30. The van der Waals surface area contributed by atoms with Gasteiger partial charge in [-0.25, -0.2) is 0 Å². The predicted molar refractivity (Wildman–Crippen MR) is 56.5 cm³/mol. The molecule has 17 heavy (non-hydrogen) atoms. The first kappa shape index (κ1) is 13.9. The van der Waals surface area contributed by atoms with E-state index in [1.807, 2.05) is 0 Å². The summed E-state index contributed by atoms with van der Waals surface area (Å²) in [5.41, 5.74) is 0. The van der Waals surface area contributed by atoms with Gasteiger partial charge in [-0.2, -0.15) is 8.42 Å². The average Bonchev–Trinajstić information content (AvgIpc) is 2.64. The van der Waals surface area contributed by atoms with Crippen LogP contribution < -0.4 is 0 Å². The van der Waals surface area contributed by atoms with E-state index in [4.69, 9.17) is 5.11 Å². The van der Waals surface area contributed by atoms with Crippen molar-refractivity contribution in [3.05, 3.63) is 0 Å². The largest absolute Gasteiger partial charge is 0.481 e. The van der Waals surface area contributed by atoms with Gasteiger partial charge in [-0.3, -0.25) is 9.59 Å². The number of likely N-dealkylation sites (tertiary alicyclic amines) is 1. The minimum absolute atomic E-state index is 0.0470. The number of carboxylic acid groups (broad SMARTS) is 1. The summed E-state index contributed by atoms with van der Waals surface area (Å²) in [6.07, 6.45) is 0.247. The Kier molecular flexibility index (Phi) is 4.44. The predicted octanol–water partition coefficient (Wildman–Crippen LogP) is 0.142. The van der Waals surface area contributed by atoms with Crippen LogP contribution in [0.15, 0.2) is 0 Å². The van der Waals surface area contributed by atoms with Gasteiger partial charge in [0.1, 0.15) is 5.25 Å². The van der Waals surface area contributed by atoms with Gasteiger partial charge >= 0.3 is 16.2 Å². The topological polar surface area (TPSA) is 91.8 Å². The number of carbonyl (C=O) groups is 2. The van der Waals surface area contributed by atoms with Crippen LogP contribution in [0.3, 0.4) is 0 Å². The Morgan fingerprint density at radius 1 is 1.35 bits per heavy atom. The zero-order valence-electron chi connectivity index (χ0n) is 9.13. The maximum atomic E-state index is 12.6. The van der Waals surface area contributed by atoms with E-state index >= 15 is 0 Å². The number of amides is 1. The van der Waals surface area contributed by atoms with Gasteiger partial charge in [-0.15, -0.1) is 3.89 Å². The third-order valence-electron chi connectivity index (χ3n) is 2.68. The van der Waals surface area contributed by atoms with Crippen LogP contribution >= 0.6 is 0 Å². The molecule has 0 bridgehead atoms. The Morgan fingerprint density at radius 3 is 2.47 bits per heavy atom. The van der Waals surface area contributed by atoms with Gasteiger partial charge in [0, 0.05) is 25.9 Å². The van der Waals surface area contributed by atoms with Crippen LogP contribution in [0.1, 0.15) is 25.7 Å². The molecule has 1 unspecified atom stereocenters. The minimum Gasteiger partial charge on any atom is -0.481 e. The molecule has 1 aliphatic rings. The Hall–Kier alpha value is -1.18. The fourth-order valence-electron chi connectivity index (χ4n) is 1.73. The Balaban J connectivity index is 2.38. The molecule has 1 amide bonds. The van der Waals surface area contributed by atoms with Crippen molar-refractivity contribution in [3.63, 3.8) is 0 Å². The quantitative estimate of drug-likeness (QED) is 0.715. The van der Waals surface area contributed by atoms with E-state index < -0.39 is 21.4 Å². The molecule has 1 N–H and O–H groups in total. The van der Waals surface area contributed by atoms with Gasteiger partial charge in [0.15, 0.2) is 0 Å². The molecule has 1 aliphatic heterocycles. The lowest BCUT2D eigenvalue weighted by molar-refractivity contribution is -0.137. The smallest absolute Gasteiger partial charge is 0.307 e. The van der Waals surface area contributed by atoms with Crippen molar-refractivity contribution in [2.45, 2.75) is 30.9 Å². The lowest BCUT2D eigenvalue weighted by Gasteiger charge is -2.15. The van der Waals surface area contributed by atoms with Crippen LogP contribution in [-0.2, 0) is 19.8 Å². The molecule has 1 heterocycles.